The molecule has 1 amide bonds. The van der Waals surface area contributed by atoms with Crippen molar-refractivity contribution in [1.82, 2.24) is 9.36 Å². The van der Waals surface area contributed by atoms with Gasteiger partial charge in [0.25, 0.3) is 0 Å². The first kappa shape index (κ1) is 7.63. The SMILES string of the molecule is N#CCC(=O)Nc1ncns1. The molecule has 1 aromatic rings. The monoisotopic (exact) mass is 168 g/mol. The molecule has 0 saturated heterocycles. The Kier molecular flexibility index (Phi) is 2.52. The molecule has 56 valence electrons. The van der Waals surface area contributed by atoms with Gasteiger partial charge in [-0.3, -0.25) is 10.1 Å². The van der Waals surface area contributed by atoms with Gasteiger partial charge in [0.2, 0.25) is 11.0 Å². The van der Waals surface area contributed by atoms with Crippen molar-refractivity contribution in [3.63, 3.8) is 0 Å². The van der Waals surface area contributed by atoms with Crippen LogP contribution in [0, 0.1) is 11.3 Å². The fourth-order valence-electron chi connectivity index (χ4n) is 0.463. The Bertz CT molecular complexity index is 275. The summed E-state index contributed by atoms with van der Waals surface area (Å²) in [7, 11) is 0. The van der Waals surface area contributed by atoms with E-state index in [1.807, 2.05) is 0 Å². The summed E-state index contributed by atoms with van der Waals surface area (Å²) in [4.78, 5) is 14.4. The fourth-order valence-corrected chi connectivity index (χ4v) is 0.911. The lowest BCUT2D eigenvalue weighted by Gasteiger charge is -1.92. The molecule has 1 heterocycles. The van der Waals surface area contributed by atoms with Crippen molar-refractivity contribution in [1.29, 1.82) is 5.26 Å². The quantitative estimate of drug-likeness (QED) is 0.692. The Balaban J connectivity index is 2.45. The minimum absolute atomic E-state index is 0.153. The second-order valence-electron chi connectivity index (χ2n) is 1.63. The number of nitrogens with zero attached hydrogens (tertiary/aromatic N) is 3. The topological polar surface area (TPSA) is 78.7 Å². The van der Waals surface area contributed by atoms with Crippen molar-refractivity contribution in [2.24, 2.45) is 0 Å². The third-order valence-corrected chi connectivity index (χ3v) is 1.43. The predicted octanol–water partition coefficient (Wildman–Crippen LogP) is 0.390. The summed E-state index contributed by atoms with van der Waals surface area (Å²) >= 11 is 1.07. The molecule has 0 aromatic carbocycles. The molecular weight excluding hydrogens is 164 g/mol. The van der Waals surface area contributed by atoms with Crippen LogP contribution in [0.3, 0.4) is 0 Å². The smallest absolute Gasteiger partial charge is 0.240 e. The lowest BCUT2D eigenvalue weighted by atomic mass is 10.4. The highest BCUT2D eigenvalue weighted by Crippen LogP contribution is 2.06. The van der Waals surface area contributed by atoms with Crippen molar-refractivity contribution in [3.05, 3.63) is 6.33 Å². The Morgan fingerprint density at radius 3 is 3.27 bits per heavy atom. The maximum absolute atomic E-state index is 10.7. The van der Waals surface area contributed by atoms with E-state index in [0.29, 0.717) is 5.13 Å². The molecule has 0 bridgehead atoms. The van der Waals surface area contributed by atoms with Gasteiger partial charge in [-0.25, -0.2) is 4.98 Å². The Morgan fingerprint density at radius 1 is 1.91 bits per heavy atom. The summed E-state index contributed by atoms with van der Waals surface area (Å²) in [6.45, 7) is 0. The summed E-state index contributed by atoms with van der Waals surface area (Å²) in [6.07, 6.45) is 1.19. The van der Waals surface area contributed by atoms with Gasteiger partial charge in [-0.15, -0.1) is 0 Å². The highest BCUT2D eigenvalue weighted by atomic mass is 32.1. The minimum atomic E-state index is -0.357. The van der Waals surface area contributed by atoms with Gasteiger partial charge < -0.3 is 0 Å². The standard InChI is InChI=1S/C5H4N4OS/c6-2-1-4(10)9-5-7-3-8-11-5/h3H,1H2,(H,7,8,9,10). The molecular formula is C5H4N4OS. The van der Waals surface area contributed by atoms with Crippen molar-refractivity contribution in [2.75, 3.05) is 5.32 Å². The predicted molar refractivity (Wildman–Crippen MR) is 38.8 cm³/mol. The van der Waals surface area contributed by atoms with Crippen LogP contribution >= 0.6 is 11.5 Å². The van der Waals surface area contributed by atoms with E-state index in [0.717, 1.165) is 11.5 Å². The summed E-state index contributed by atoms with van der Waals surface area (Å²) in [5.41, 5.74) is 0. The average molecular weight is 168 g/mol. The zero-order chi connectivity index (χ0) is 8.10. The van der Waals surface area contributed by atoms with Crippen LogP contribution in [-0.4, -0.2) is 15.3 Å². The van der Waals surface area contributed by atoms with Crippen LogP contribution in [0.1, 0.15) is 6.42 Å². The Morgan fingerprint density at radius 2 is 2.73 bits per heavy atom. The summed E-state index contributed by atoms with van der Waals surface area (Å²) in [5, 5.41) is 10.9. The molecule has 0 aliphatic rings. The lowest BCUT2D eigenvalue weighted by Crippen LogP contribution is -2.09. The zero-order valence-corrected chi connectivity index (χ0v) is 6.26. The van der Waals surface area contributed by atoms with Crippen molar-refractivity contribution >= 4 is 22.6 Å². The molecule has 0 spiro atoms. The molecule has 0 saturated carbocycles. The highest BCUT2D eigenvalue weighted by molar-refractivity contribution is 7.09. The van der Waals surface area contributed by atoms with E-state index < -0.39 is 0 Å². The number of anilines is 1. The average Bonchev–Trinajstić information content (AvgIpc) is 2.40. The molecule has 0 atom stereocenters. The number of carbonyl (C=O) groups excluding carboxylic acids is 1. The second kappa shape index (κ2) is 3.63. The summed E-state index contributed by atoms with van der Waals surface area (Å²) in [6, 6.07) is 1.72. The molecule has 1 aromatic heterocycles. The normalized spacial score (nSPS) is 8.64. The van der Waals surface area contributed by atoms with Crippen LogP contribution in [-0.2, 0) is 4.79 Å². The molecule has 1 N–H and O–H groups in total. The Hall–Kier alpha value is -1.48. The molecule has 0 unspecified atom stereocenters. The Labute approximate surface area is 66.9 Å². The van der Waals surface area contributed by atoms with E-state index in [-0.39, 0.29) is 12.3 Å². The summed E-state index contributed by atoms with van der Waals surface area (Å²) in [5.74, 6) is -0.357. The number of amides is 1. The van der Waals surface area contributed by atoms with Gasteiger partial charge in [0.1, 0.15) is 12.7 Å². The van der Waals surface area contributed by atoms with Gasteiger partial charge in [-0.1, -0.05) is 0 Å². The zero-order valence-electron chi connectivity index (χ0n) is 5.44. The number of hydrogen-bond donors (Lipinski definition) is 1. The van der Waals surface area contributed by atoms with E-state index in [4.69, 9.17) is 5.26 Å². The van der Waals surface area contributed by atoms with Crippen LogP contribution < -0.4 is 5.32 Å². The molecule has 1 rings (SSSR count). The molecule has 0 fully saturated rings. The number of nitriles is 1. The number of nitrogens with one attached hydrogen (secondary N) is 1. The number of aromatic nitrogens is 2. The molecule has 11 heavy (non-hydrogen) atoms. The molecule has 0 aliphatic carbocycles. The number of hydrogen-bond acceptors (Lipinski definition) is 5. The molecule has 6 heteroatoms. The van der Waals surface area contributed by atoms with Gasteiger partial charge in [0, 0.05) is 11.5 Å². The van der Waals surface area contributed by atoms with Crippen LogP contribution in [0.2, 0.25) is 0 Å². The first-order chi connectivity index (χ1) is 5.33. The second-order valence-corrected chi connectivity index (χ2v) is 2.41. The number of rotatable bonds is 2. The third-order valence-electron chi connectivity index (χ3n) is 0.847. The van der Waals surface area contributed by atoms with E-state index in [2.05, 4.69) is 14.7 Å². The van der Waals surface area contributed by atoms with Crippen LogP contribution in [0.25, 0.3) is 0 Å². The van der Waals surface area contributed by atoms with Gasteiger partial charge in [0.05, 0.1) is 6.07 Å². The van der Waals surface area contributed by atoms with Crippen molar-refractivity contribution in [3.8, 4) is 6.07 Å². The lowest BCUT2D eigenvalue weighted by molar-refractivity contribution is -0.115. The van der Waals surface area contributed by atoms with Gasteiger partial charge in [-0.05, 0) is 0 Å². The fraction of sp³-hybridized carbons (Fsp3) is 0.200. The van der Waals surface area contributed by atoms with Crippen molar-refractivity contribution < 1.29 is 4.79 Å². The highest BCUT2D eigenvalue weighted by Gasteiger charge is 2.01. The van der Waals surface area contributed by atoms with E-state index >= 15 is 0 Å². The molecule has 5 nitrogen and oxygen atoms in total. The van der Waals surface area contributed by atoms with E-state index in [9.17, 15) is 4.79 Å². The van der Waals surface area contributed by atoms with Crippen LogP contribution in [0.5, 0.6) is 0 Å². The molecule has 0 aliphatic heterocycles. The minimum Gasteiger partial charge on any atom is -0.300 e. The number of carbonyl (C=O) groups is 1. The first-order valence-electron chi connectivity index (χ1n) is 2.76. The van der Waals surface area contributed by atoms with Crippen molar-refractivity contribution in [2.45, 2.75) is 6.42 Å². The maximum atomic E-state index is 10.7. The maximum Gasteiger partial charge on any atom is 0.240 e. The van der Waals surface area contributed by atoms with E-state index in [1.54, 1.807) is 6.07 Å². The largest absolute Gasteiger partial charge is 0.300 e. The van der Waals surface area contributed by atoms with Crippen LogP contribution in [0.4, 0.5) is 5.13 Å². The summed E-state index contributed by atoms with van der Waals surface area (Å²) < 4.78 is 3.67. The van der Waals surface area contributed by atoms with Gasteiger partial charge in [0.15, 0.2) is 0 Å². The van der Waals surface area contributed by atoms with E-state index in [1.165, 1.54) is 6.33 Å². The van der Waals surface area contributed by atoms with Gasteiger partial charge >= 0.3 is 0 Å². The first-order valence-corrected chi connectivity index (χ1v) is 3.53. The molecule has 0 radical (unpaired) electrons. The van der Waals surface area contributed by atoms with Crippen LogP contribution in [0.15, 0.2) is 6.33 Å². The third kappa shape index (κ3) is 2.31. The van der Waals surface area contributed by atoms with Gasteiger partial charge in [-0.2, -0.15) is 9.64 Å².